The Morgan fingerprint density at radius 1 is 1.10 bits per heavy atom. The molecular formula is C14H17NO5. The average molecular weight is 279 g/mol. The van der Waals surface area contributed by atoms with Crippen LogP contribution in [-0.4, -0.2) is 34.1 Å². The topological polar surface area (TPSA) is 104 Å². The third-order valence-electron chi connectivity index (χ3n) is 2.89. The molecule has 6 nitrogen and oxygen atoms in total. The Kier molecular flexibility index (Phi) is 4.85. The maximum Gasteiger partial charge on any atom is 0.326 e. The van der Waals surface area contributed by atoms with Crippen LogP contribution in [0.25, 0.3) is 0 Å². The van der Waals surface area contributed by atoms with Gasteiger partial charge in [0, 0.05) is 5.56 Å². The van der Waals surface area contributed by atoms with Crippen molar-refractivity contribution in [2.75, 3.05) is 0 Å². The van der Waals surface area contributed by atoms with Gasteiger partial charge in [0.05, 0.1) is 6.42 Å². The third kappa shape index (κ3) is 3.81. The zero-order valence-corrected chi connectivity index (χ0v) is 11.6. The van der Waals surface area contributed by atoms with E-state index in [1.165, 1.54) is 0 Å². The molecule has 0 aliphatic heterocycles. The lowest BCUT2D eigenvalue weighted by molar-refractivity contribution is -0.145. The summed E-state index contributed by atoms with van der Waals surface area (Å²) >= 11 is 0. The Morgan fingerprint density at radius 3 is 2.00 bits per heavy atom. The van der Waals surface area contributed by atoms with Crippen molar-refractivity contribution in [3.8, 4) is 0 Å². The summed E-state index contributed by atoms with van der Waals surface area (Å²) in [4.78, 5) is 33.7. The minimum absolute atomic E-state index is 0.382. The molecule has 1 atom stereocenters. The van der Waals surface area contributed by atoms with E-state index in [4.69, 9.17) is 10.2 Å². The Bertz CT molecular complexity index is 542. The second kappa shape index (κ2) is 6.18. The molecule has 0 bridgehead atoms. The summed E-state index contributed by atoms with van der Waals surface area (Å²) in [6, 6.07) is 2.18. The van der Waals surface area contributed by atoms with Gasteiger partial charge in [-0.2, -0.15) is 0 Å². The lowest BCUT2D eigenvalue weighted by Crippen LogP contribution is -2.42. The smallest absolute Gasteiger partial charge is 0.326 e. The van der Waals surface area contributed by atoms with Gasteiger partial charge in [0.2, 0.25) is 0 Å². The van der Waals surface area contributed by atoms with Gasteiger partial charge < -0.3 is 15.5 Å². The molecule has 0 aliphatic carbocycles. The summed E-state index contributed by atoms with van der Waals surface area (Å²) in [7, 11) is 0. The zero-order chi connectivity index (χ0) is 15.4. The fraction of sp³-hybridized carbons (Fsp3) is 0.357. The molecule has 0 aliphatic rings. The van der Waals surface area contributed by atoms with Crippen molar-refractivity contribution >= 4 is 17.8 Å². The molecule has 0 radical (unpaired) electrons. The molecule has 0 saturated heterocycles. The van der Waals surface area contributed by atoms with Crippen LogP contribution in [0.4, 0.5) is 0 Å². The molecule has 1 amide bonds. The second-order valence-electron chi connectivity index (χ2n) is 4.74. The molecule has 3 N–H and O–H groups in total. The number of carboxylic acid groups (broad SMARTS) is 2. The largest absolute Gasteiger partial charge is 0.481 e. The monoisotopic (exact) mass is 279 g/mol. The maximum atomic E-state index is 12.1. The van der Waals surface area contributed by atoms with Crippen molar-refractivity contribution < 1.29 is 24.6 Å². The number of amides is 1. The van der Waals surface area contributed by atoms with Gasteiger partial charge in [0.1, 0.15) is 6.04 Å². The number of hydrogen-bond acceptors (Lipinski definition) is 3. The van der Waals surface area contributed by atoms with Crippen molar-refractivity contribution in [3.63, 3.8) is 0 Å². The predicted molar refractivity (Wildman–Crippen MR) is 71.8 cm³/mol. The van der Waals surface area contributed by atoms with Gasteiger partial charge in [0.25, 0.3) is 5.91 Å². The Hall–Kier alpha value is -2.37. The number of aliphatic carboxylic acids is 2. The number of carbonyl (C=O) groups is 3. The highest BCUT2D eigenvalue weighted by Gasteiger charge is 2.24. The van der Waals surface area contributed by atoms with E-state index in [0.29, 0.717) is 5.56 Å². The van der Waals surface area contributed by atoms with Crippen LogP contribution < -0.4 is 5.32 Å². The fourth-order valence-corrected chi connectivity index (χ4v) is 2.14. The molecule has 1 rings (SSSR count). The molecule has 1 aromatic rings. The third-order valence-corrected chi connectivity index (χ3v) is 2.89. The summed E-state index contributed by atoms with van der Waals surface area (Å²) < 4.78 is 0. The van der Waals surface area contributed by atoms with E-state index in [-0.39, 0.29) is 0 Å². The lowest BCUT2D eigenvalue weighted by atomic mass is 9.99. The first-order valence-electron chi connectivity index (χ1n) is 6.05. The van der Waals surface area contributed by atoms with Crippen molar-refractivity contribution in [3.05, 3.63) is 34.4 Å². The normalized spacial score (nSPS) is 11.8. The standard InChI is InChI=1S/C14H17NO5/c1-7-4-8(2)12(9(3)5-7)13(18)15-10(14(19)20)6-11(16)17/h4-5,10H,6H2,1-3H3,(H,15,18)(H,16,17)(H,19,20)/t10-/m1/s1. The highest BCUT2D eigenvalue weighted by Crippen LogP contribution is 2.16. The summed E-state index contributed by atoms with van der Waals surface area (Å²) in [5, 5.41) is 19.8. The van der Waals surface area contributed by atoms with Crippen LogP contribution in [-0.2, 0) is 9.59 Å². The van der Waals surface area contributed by atoms with Gasteiger partial charge in [-0.3, -0.25) is 9.59 Å². The molecule has 0 aromatic heterocycles. The first-order chi connectivity index (χ1) is 9.22. The van der Waals surface area contributed by atoms with Gasteiger partial charge in [-0.15, -0.1) is 0 Å². The minimum Gasteiger partial charge on any atom is -0.481 e. The summed E-state index contributed by atoms with van der Waals surface area (Å²) in [6.07, 6.45) is -0.662. The molecule has 0 spiro atoms. The number of aryl methyl sites for hydroxylation is 3. The average Bonchev–Trinajstić information content (AvgIpc) is 2.25. The minimum atomic E-state index is -1.44. The lowest BCUT2D eigenvalue weighted by Gasteiger charge is -2.15. The van der Waals surface area contributed by atoms with Crippen molar-refractivity contribution in [1.29, 1.82) is 0 Å². The van der Waals surface area contributed by atoms with Gasteiger partial charge in [-0.1, -0.05) is 17.7 Å². The molecule has 0 unspecified atom stereocenters. The quantitative estimate of drug-likeness (QED) is 0.753. The number of nitrogens with one attached hydrogen (secondary N) is 1. The first kappa shape index (κ1) is 15.7. The van der Waals surface area contributed by atoms with E-state index in [9.17, 15) is 14.4 Å². The van der Waals surface area contributed by atoms with Gasteiger partial charge >= 0.3 is 11.9 Å². The number of hydrogen-bond donors (Lipinski definition) is 3. The van der Waals surface area contributed by atoms with Crippen LogP contribution in [0.15, 0.2) is 12.1 Å². The SMILES string of the molecule is Cc1cc(C)c(C(=O)N[C@H](CC(=O)O)C(=O)O)c(C)c1. The van der Waals surface area contributed by atoms with E-state index < -0.39 is 30.3 Å². The van der Waals surface area contributed by atoms with E-state index >= 15 is 0 Å². The maximum absolute atomic E-state index is 12.1. The summed E-state index contributed by atoms with van der Waals surface area (Å²) in [5.41, 5.74) is 2.82. The van der Waals surface area contributed by atoms with Crippen LogP contribution in [0.5, 0.6) is 0 Å². The molecule has 6 heteroatoms. The molecule has 108 valence electrons. The van der Waals surface area contributed by atoms with E-state index in [0.717, 1.165) is 16.7 Å². The van der Waals surface area contributed by atoms with Crippen LogP contribution in [0.1, 0.15) is 33.5 Å². The van der Waals surface area contributed by atoms with Gasteiger partial charge in [-0.25, -0.2) is 4.79 Å². The molecule has 0 saturated carbocycles. The van der Waals surface area contributed by atoms with Crippen LogP contribution in [0.3, 0.4) is 0 Å². The summed E-state index contributed by atoms with van der Waals surface area (Å²) in [5.74, 6) is -3.23. The predicted octanol–water partition coefficient (Wildman–Crippen LogP) is 1.27. The van der Waals surface area contributed by atoms with Gasteiger partial charge in [-0.05, 0) is 31.9 Å². The Labute approximate surface area is 116 Å². The highest BCUT2D eigenvalue weighted by molar-refractivity contribution is 5.99. The Morgan fingerprint density at radius 2 is 1.60 bits per heavy atom. The van der Waals surface area contributed by atoms with Crippen molar-refractivity contribution in [1.82, 2.24) is 5.32 Å². The van der Waals surface area contributed by atoms with Crippen LogP contribution in [0.2, 0.25) is 0 Å². The number of carbonyl (C=O) groups excluding carboxylic acids is 1. The van der Waals surface area contributed by atoms with E-state index in [1.807, 2.05) is 19.1 Å². The second-order valence-corrected chi connectivity index (χ2v) is 4.74. The first-order valence-corrected chi connectivity index (χ1v) is 6.05. The van der Waals surface area contributed by atoms with Crippen LogP contribution >= 0.6 is 0 Å². The zero-order valence-electron chi connectivity index (χ0n) is 11.6. The molecule has 0 fully saturated rings. The number of rotatable bonds is 5. The van der Waals surface area contributed by atoms with Crippen molar-refractivity contribution in [2.24, 2.45) is 0 Å². The molecule has 0 heterocycles. The molecular weight excluding hydrogens is 262 g/mol. The number of carboxylic acids is 2. The van der Waals surface area contributed by atoms with E-state index in [1.54, 1.807) is 13.8 Å². The highest BCUT2D eigenvalue weighted by atomic mass is 16.4. The van der Waals surface area contributed by atoms with Crippen LogP contribution in [0, 0.1) is 20.8 Å². The van der Waals surface area contributed by atoms with E-state index in [2.05, 4.69) is 5.32 Å². The Balaban J connectivity index is 3.01. The molecule has 1 aromatic carbocycles. The summed E-state index contributed by atoms with van der Waals surface area (Å²) in [6.45, 7) is 5.40. The fourth-order valence-electron chi connectivity index (χ4n) is 2.14. The van der Waals surface area contributed by atoms with Gasteiger partial charge in [0.15, 0.2) is 0 Å². The molecule has 20 heavy (non-hydrogen) atoms. The number of benzene rings is 1. The van der Waals surface area contributed by atoms with Crippen molar-refractivity contribution in [2.45, 2.75) is 33.2 Å².